The maximum absolute atomic E-state index is 12.2. The number of carbonyl (C=O) groups excluding carboxylic acids is 2. The van der Waals surface area contributed by atoms with E-state index in [0.29, 0.717) is 5.69 Å². The largest absolute Gasteiger partial charge is 0.497 e. The molecule has 0 heterocycles. The Balaban J connectivity index is 1.99. The van der Waals surface area contributed by atoms with E-state index in [2.05, 4.69) is 15.8 Å². The van der Waals surface area contributed by atoms with Gasteiger partial charge in [-0.2, -0.15) is 5.10 Å². The molecule has 0 saturated heterocycles. The minimum Gasteiger partial charge on any atom is -0.497 e. The van der Waals surface area contributed by atoms with Gasteiger partial charge in [0.15, 0.2) is 0 Å². The second-order valence-electron chi connectivity index (χ2n) is 5.58. The number of carbonyl (C=O) groups is 2. The lowest BCUT2D eigenvalue weighted by molar-refractivity contribution is -0.136. The number of hydrogen-bond donors (Lipinski definition) is 2. The second-order valence-corrected chi connectivity index (χ2v) is 5.58. The molecule has 2 amide bonds. The predicted molar refractivity (Wildman–Crippen MR) is 103 cm³/mol. The molecule has 0 atom stereocenters. The van der Waals surface area contributed by atoms with Gasteiger partial charge >= 0.3 is 11.8 Å². The van der Waals surface area contributed by atoms with Crippen molar-refractivity contribution in [1.82, 2.24) is 5.43 Å². The number of hydrogen-bond acceptors (Lipinski definition) is 4. The van der Waals surface area contributed by atoms with E-state index in [0.717, 1.165) is 35.3 Å². The van der Waals surface area contributed by atoms with Crippen molar-refractivity contribution < 1.29 is 14.3 Å². The van der Waals surface area contributed by atoms with E-state index in [-0.39, 0.29) is 0 Å². The molecule has 0 unspecified atom stereocenters. The maximum Gasteiger partial charge on any atom is 0.329 e. The quantitative estimate of drug-likeness (QED) is 0.476. The van der Waals surface area contributed by atoms with Crippen LogP contribution in [0.2, 0.25) is 0 Å². The molecule has 2 aromatic rings. The molecule has 0 aromatic heterocycles. The number of ether oxygens (including phenoxy) is 1. The molecule has 26 heavy (non-hydrogen) atoms. The SMILES string of the molecule is CCc1cccc(CC)c1NC(=O)C(=O)N/N=C\c1ccc(OC)cc1. The molecule has 2 aromatic carbocycles. The summed E-state index contributed by atoms with van der Waals surface area (Å²) in [6.45, 7) is 4.01. The Morgan fingerprint density at radius 2 is 1.62 bits per heavy atom. The number of anilines is 1. The fourth-order valence-corrected chi connectivity index (χ4v) is 2.48. The lowest BCUT2D eigenvalue weighted by atomic mass is 10.0. The summed E-state index contributed by atoms with van der Waals surface area (Å²) in [6, 6.07) is 13.0. The summed E-state index contributed by atoms with van der Waals surface area (Å²) in [5, 5.41) is 6.52. The van der Waals surface area contributed by atoms with Gasteiger partial charge in [0.2, 0.25) is 0 Å². The van der Waals surface area contributed by atoms with Crippen LogP contribution >= 0.6 is 0 Å². The van der Waals surface area contributed by atoms with Gasteiger partial charge in [0.05, 0.1) is 13.3 Å². The highest BCUT2D eigenvalue weighted by molar-refractivity contribution is 6.39. The zero-order chi connectivity index (χ0) is 18.9. The number of nitrogens with one attached hydrogen (secondary N) is 2. The van der Waals surface area contributed by atoms with Crippen molar-refractivity contribution in [2.75, 3.05) is 12.4 Å². The number of nitrogens with zero attached hydrogens (tertiary/aromatic N) is 1. The van der Waals surface area contributed by atoms with Crippen LogP contribution in [-0.4, -0.2) is 25.1 Å². The highest BCUT2D eigenvalue weighted by atomic mass is 16.5. The van der Waals surface area contributed by atoms with Gasteiger partial charge in [-0.1, -0.05) is 32.0 Å². The third kappa shape index (κ3) is 4.92. The van der Waals surface area contributed by atoms with Crippen LogP contribution in [-0.2, 0) is 22.4 Å². The van der Waals surface area contributed by atoms with E-state index in [4.69, 9.17) is 4.74 Å². The molecule has 0 radical (unpaired) electrons. The van der Waals surface area contributed by atoms with Crippen LogP contribution in [0.4, 0.5) is 5.69 Å². The first-order valence-corrected chi connectivity index (χ1v) is 8.48. The molecule has 6 heteroatoms. The number of rotatable bonds is 6. The monoisotopic (exact) mass is 353 g/mol. The summed E-state index contributed by atoms with van der Waals surface area (Å²) in [7, 11) is 1.59. The van der Waals surface area contributed by atoms with E-state index in [9.17, 15) is 9.59 Å². The fourth-order valence-electron chi connectivity index (χ4n) is 2.48. The van der Waals surface area contributed by atoms with Crippen molar-refractivity contribution in [3.63, 3.8) is 0 Å². The predicted octanol–water partition coefficient (Wildman–Crippen LogP) is 2.91. The molecule has 0 aliphatic carbocycles. The van der Waals surface area contributed by atoms with E-state index in [1.165, 1.54) is 6.21 Å². The molecule has 0 saturated carbocycles. The summed E-state index contributed by atoms with van der Waals surface area (Å²) in [5.41, 5.74) is 5.71. The Bertz CT molecular complexity index is 776. The Morgan fingerprint density at radius 3 is 2.15 bits per heavy atom. The molecule has 2 rings (SSSR count). The Kier molecular flexibility index (Phi) is 6.91. The number of hydrazone groups is 1. The van der Waals surface area contributed by atoms with E-state index >= 15 is 0 Å². The summed E-state index contributed by atoms with van der Waals surface area (Å²) >= 11 is 0. The zero-order valence-electron chi connectivity index (χ0n) is 15.2. The van der Waals surface area contributed by atoms with Crippen molar-refractivity contribution in [2.45, 2.75) is 26.7 Å². The van der Waals surface area contributed by atoms with Gasteiger partial charge in [0.25, 0.3) is 0 Å². The standard InChI is InChI=1S/C20H23N3O3/c1-4-15-7-6-8-16(5-2)18(15)22-19(24)20(25)23-21-13-14-9-11-17(26-3)12-10-14/h6-13H,4-5H2,1-3H3,(H,22,24)(H,23,25)/b21-13-. The first-order chi connectivity index (χ1) is 12.6. The van der Waals surface area contributed by atoms with Crippen molar-refractivity contribution in [3.05, 3.63) is 59.2 Å². The van der Waals surface area contributed by atoms with Crippen molar-refractivity contribution in [2.24, 2.45) is 5.10 Å². The zero-order valence-corrected chi connectivity index (χ0v) is 15.2. The summed E-state index contributed by atoms with van der Waals surface area (Å²) in [6.07, 6.45) is 2.99. The van der Waals surface area contributed by atoms with Crippen molar-refractivity contribution in [1.29, 1.82) is 0 Å². The highest BCUT2D eigenvalue weighted by Crippen LogP contribution is 2.22. The fraction of sp³-hybridized carbons (Fsp3) is 0.250. The highest BCUT2D eigenvalue weighted by Gasteiger charge is 2.16. The third-order valence-electron chi connectivity index (χ3n) is 3.94. The van der Waals surface area contributed by atoms with Crippen LogP contribution in [0, 0.1) is 0 Å². The molecule has 0 fully saturated rings. The summed E-state index contributed by atoms with van der Waals surface area (Å²) in [4.78, 5) is 24.1. The van der Waals surface area contributed by atoms with Gasteiger partial charge in [-0.05, 0) is 53.8 Å². The number of para-hydroxylation sites is 1. The molecule has 0 aliphatic heterocycles. The number of amides is 2. The Labute approximate surface area is 153 Å². The van der Waals surface area contributed by atoms with Crippen LogP contribution in [0.15, 0.2) is 47.6 Å². The van der Waals surface area contributed by atoms with E-state index < -0.39 is 11.8 Å². The van der Waals surface area contributed by atoms with Gasteiger partial charge in [0, 0.05) is 5.69 Å². The Hall–Kier alpha value is -3.15. The molecule has 2 N–H and O–H groups in total. The number of aryl methyl sites for hydroxylation is 2. The van der Waals surface area contributed by atoms with E-state index in [1.54, 1.807) is 31.4 Å². The van der Waals surface area contributed by atoms with Crippen LogP contribution in [0.3, 0.4) is 0 Å². The maximum atomic E-state index is 12.2. The number of benzene rings is 2. The first-order valence-electron chi connectivity index (χ1n) is 8.48. The smallest absolute Gasteiger partial charge is 0.329 e. The lowest BCUT2D eigenvalue weighted by Crippen LogP contribution is -2.33. The molecule has 6 nitrogen and oxygen atoms in total. The van der Waals surface area contributed by atoms with Crippen LogP contribution in [0.1, 0.15) is 30.5 Å². The van der Waals surface area contributed by atoms with Gasteiger partial charge in [-0.3, -0.25) is 9.59 Å². The summed E-state index contributed by atoms with van der Waals surface area (Å²) in [5.74, 6) is -0.831. The van der Waals surface area contributed by atoms with Gasteiger partial charge in [0.1, 0.15) is 5.75 Å². The van der Waals surface area contributed by atoms with Gasteiger partial charge < -0.3 is 10.1 Å². The van der Waals surface area contributed by atoms with Gasteiger partial charge in [-0.25, -0.2) is 5.43 Å². The minimum atomic E-state index is -0.817. The molecule has 0 aliphatic rings. The van der Waals surface area contributed by atoms with Crippen LogP contribution in [0.5, 0.6) is 5.75 Å². The average Bonchev–Trinajstić information content (AvgIpc) is 2.68. The minimum absolute atomic E-state index is 0.705. The lowest BCUT2D eigenvalue weighted by Gasteiger charge is -2.13. The normalized spacial score (nSPS) is 10.6. The number of methoxy groups -OCH3 is 1. The average molecular weight is 353 g/mol. The van der Waals surface area contributed by atoms with Crippen molar-refractivity contribution >= 4 is 23.7 Å². The Morgan fingerprint density at radius 1 is 1.00 bits per heavy atom. The molecule has 0 spiro atoms. The van der Waals surface area contributed by atoms with Crippen LogP contribution < -0.4 is 15.5 Å². The molecule has 136 valence electrons. The molecule has 0 bridgehead atoms. The molecular formula is C20H23N3O3. The van der Waals surface area contributed by atoms with Gasteiger partial charge in [-0.15, -0.1) is 0 Å². The topological polar surface area (TPSA) is 79.8 Å². The van der Waals surface area contributed by atoms with E-state index in [1.807, 2.05) is 32.0 Å². The molecular weight excluding hydrogens is 330 g/mol. The van der Waals surface area contributed by atoms with Crippen molar-refractivity contribution in [3.8, 4) is 5.75 Å². The summed E-state index contributed by atoms with van der Waals surface area (Å²) < 4.78 is 5.07. The third-order valence-corrected chi connectivity index (χ3v) is 3.94. The second kappa shape index (κ2) is 9.36. The van der Waals surface area contributed by atoms with Crippen LogP contribution in [0.25, 0.3) is 0 Å². The first kappa shape index (κ1) is 19.2.